The second-order valence-electron chi connectivity index (χ2n) is 5.64. The molecule has 1 fully saturated rings. The maximum atomic E-state index is 11.9. The molecule has 1 aliphatic carbocycles. The van der Waals surface area contributed by atoms with Gasteiger partial charge >= 0.3 is 5.97 Å². The van der Waals surface area contributed by atoms with Crippen molar-refractivity contribution in [3.8, 4) is 0 Å². The fourth-order valence-electron chi connectivity index (χ4n) is 2.59. The van der Waals surface area contributed by atoms with Crippen molar-refractivity contribution in [2.45, 2.75) is 46.1 Å². The molecule has 104 valence electrons. The average molecular weight is 262 g/mol. The van der Waals surface area contributed by atoms with E-state index in [-0.39, 0.29) is 6.10 Å². The lowest BCUT2D eigenvalue weighted by atomic mass is 9.80. The van der Waals surface area contributed by atoms with E-state index >= 15 is 0 Å². The Hall–Kier alpha value is -1.35. The van der Waals surface area contributed by atoms with Crippen LogP contribution in [0.15, 0.2) is 24.3 Å². The van der Waals surface area contributed by atoms with E-state index in [0.717, 1.165) is 18.4 Å². The molecule has 1 aromatic carbocycles. The van der Waals surface area contributed by atoms with E-state index in [1.54, 1.807) is 12.1 Å². The quantitative estimate of drug-likeness (QED) is 0.612. The molecule has 0 aliphatic heterocycles. The lowest BCUT2D eigenvalue weighted by molar-refractivity contribution is -0.292. The Balaban J connectivity index is 1.90. The Morgan fingerprint density at radius 3 is 2.79 bits per heavy atom. The first-order chi connectivity index (χ1) is 9.08. The molecule has 2 rings (SSSR count). The number of carbonyl (C=O) groups is 1. The van der Waals surface area contributed by atoms with Crippen LogP contribution in [-0.2, 0) is 9.78 Å². The van der Waals surface area contributed by atoms with Gasteiger partial charge in [-0.25, -0.2) is 4.79 Å². The van der Waals surface area contributed by atoms with Crippen LogP contribution in [0.25, 0.3) is 0 Å². The van der Waals surface area contributed by atoms with Crippen LogP contribution < -0.4 is 0 Å². The van der Waals surface area contributed by atoms with Crippen LogP contribution in [-0.4, -0.2) is 12.1 Å². The molecule has 3 nitrogen and oxygen atoms in total. The first-order valence-electron chi connectivity index (χ1n) is 7.02. The highest BCUT2D eigenvalue weighted by molar-refractivity contribution is 5.89. The summed E-state index contributed by atoms with van der Waals surface area (Å²) < 4.78 is 0. The first-order valence-corrected chi connectivity index (χ1v) is 7.02. The minimum atomic E-state index is -0.408. The van der Waals surface area contributed by atoms with Gasteiger partial charge in [-0.3, -0.25) is 4.89 Å². The molecule has 0 amide bonds. The van der Waals surface area contributed by atoms with Gasteiger partial charge < -0.3 is 0 Å². The number of aryl methyl sites for hydroxylation is 1. The second-order valence-corrected chi connectivity index (χ2v) is 5.64. The zero-order chi connectivity index (χ0) is 13.8. The first kappa shape index (κ1) is 14.1. The number of benzene rings is 1. The smallest absolute Gasteiger partial charge is 0.293 e. The maximum Gasteiger partial charge on any atom is 0.373 e. The van der Waals surface area contributed by atoms with Crippen molar-refractivity contribution in [2.24, 2.45) is 11.8 Å². The highest BCUT2D eigenvalue weighted by atomic mass is 17.2. The van der Waals surface area contributed by atoms with Gasteiger partial charge in [0.2, 0.25) is 0 Å². The molecule has 0 saturated heterocycles. The second kappa shape index (κ2) is 6.20. The van der Waals surface area contributed by atoms with Crippen molar-refractivity contribution in [1.82, 2.24) is 0 Å². The van der Waals surface area contributed by atoms with E-state index in [9.17, 15) is 4.79 Å². The summed E-state index contributed by atoms with van der Waals surface area (Å²) in [6, 6.07) is 7.34. The van der Waals surface area contributed by atoms with E-state index in [4.69, 9.17) is 9.78 Å². The van der Waals surface area contributed by atoms with Gasteiger partial charge in [0.1, 0.15) is 6.10 Å². The molecule has 0 aromatic heterocycles. The highest BCUT2D eigenvalue weighted by Gasteiger charge is 2.29. The third-order valence-electron chi connectivity index (χ3n) is 4.13. The van der Waals surface area contributed by atoms with Crippen molar-refractivity contribution in [3.63, 3.8) is 0 Å². The summed E-state index contributed by atoms with van der Waals surface area (Å²) in [5.41, 5.74) is 1.57. The van der Waals surface area contributed by atoms with Crippen molar-refractivity contribution in [3.05, 3.63) is 35.4 Å². The van der Waals surface area contributed by atoms with Crippen LogP contribution in [0, 0.1) is 18.8 Å². The summed E-state index contributed by atoms with van der Waals surface area (Å²) in [6.45, 7) is 6.33. The van der Waals surface area contributed by atoms with Crippen LogP contribution in [0.4, 0.5) is 0 Å². The third kappa shape index (κ3) is 3.57. The predicted octanol–water partition coefficient (Wildman–Crippen LogP) is 3.91. The average Bonchev–Trinajstić information content (AvgIpc) is 2.40. The molecule has 0 bridgehead atoms. The normalized spacial score (nSPS) is 27.0. The van der Waals surface area contributed by atoms with Gasteiger partial charge in [-0.2, -0.15) is 4.89 Å². The van der Waals surface area contributed by atoms with Gasteiger partial charge in [-0.05, 0) is 37.3 Å². The predicted molar refractivity (Wildman–Crippen MR) is 73.6 cm³/mol. The fraction of sp³-hybridized carbons (Fsp3) is 0.562. The van der Waals surface area contributed by atoms with E-state index in [0.29, 0.717) is 17.4 Å². The third-order valence-corrected chi connectivity index (χ3v) is 4.13. The Labute approximate surface area is 114 Å². The van der Waals surface area contributed by atoms with Crippen molar-refractivity contribution < 1.29 is 14.6 Å². The summed E-state index contributed by atoms with van der Waals surface area (Å²) >= 11 is 0. The maximum absolute atomic E-state index is 11.9. The number of hydrogen-bond donors (Lipinski definition) is 0. The summed E-state index contributed by atoms with van der Waals surface area (Å²) in [5.74, 6) is 0.643. The molecule has 0 N–H and O–H groups in total. The monoisotopic (exact) mass is 262 g/mol. The van der Waals surface area contributed by atoms with E-state index in [1.165, 1.54) is 6.42 Å². The summed E-state index contributed by atoms with van der Waals surface area (Å²) in [6.07, 6.45) is 3.36. The molecule has 19 heavy (non-hydrogen) atoms. The van der Waals surface area contributed by atoms with E-state index < -0.39 is 5.97 Å². The molecule has 1 saturated carbocycles. The van der Waals surface area contributed by atoms with Crippen LogP contribution in [0.3, 0.4) is 0 Å². The molecule has 1 aliphatic rings. The van der Waals surface area contributed by atoms with E-state index in [2.05, 4.69) is 13.8 Å². The lowest BCUT2D eigenvalue weighted by Gasteiger charge is -2.32. The Bertz CT molecular complexity index is 441. The van der Waals surface area contributed by atoms with Crippen LogP contribution in [0.1, 0.15) is 49.0 Å². The molecule has 3 heteroatoms. The van der Waals surface area contributed by atoms with Gasteiger partial charge in [-0.1, -0.05) is 44.4 Å². The topological polar surface area (TPSA) is 35.5 Å². The minimum absolute atomic E-state index is 0.0255. The van der Waals surface area contributed by atoms with Gasteiger partial charge in [0.25, 0.3) is 0 Å². The summed E-state index contributed by atoms with van der Waals surface area (Å²) in [7, 11) is 0. The van der Waals surface area contributed by atoms with Crippen molar-refractivity contribution in [1.29, 1.82) is 0 Å². The molecule has 0 spiro atoms. The zero-order valence-electron chi connectivity index (χ0n) is 11.9. The number of rotatable bonds is 3. The Kier molecular flexibility index (Phi) is 4.59. The largest absolute Gasteiger partial charge is 0.373 e. The van der Waals surface area contributed by atoms with Gasteiger partial charge in [0.15, 0.2) is 0 Å². The van der Waals surface area contributed by atoms with Gasteiger partial charge in [-0.15, -0.1) is 0 Å². The van der Waals surface area contributed by atoms with Crippen molar-refractivity contribution in [2.75, 3.05) is 0 Å². The molecule has 0 heterocycles. The van der Waals surface area contributed by atoms with Gasteiger partial charge in [0, 0.05) is 0 Å². The summed E-state index contributed by atoms with van der Waals surface area (Å²) in [5, 5.41) is 0. The number of hydrogen-bond acceptors (Lipinski definition) is 3. The SMILES string of the molecule is Cc1cccc(C(=O)OOC2CCCC(C)C2C)c1. The minimum Gasteiger partial charge on any atom is -0.293 e. The van der Waals surface area contributed by atoms with Crippen molar-refractivity contribution >= 4 is 5.97 Å². The molecular weight excluding hydrogens is 240 g/mol. The zero-order valence-corrected chi connectivity index (χ0v) is 11.9. The molecule has 3 unspecified atom stereocenters. The van der Waals surface area contributed by atoms with Crippen LogP contribution in [0.5, 0.6) is 0 Å². The number of carbonyl (C=O) groups excluding carboxylic acids is 1. The van der Waals surface area contributed by atoms with Crippen LogP contribution >= 0.6 is 0 Å². The lowest BCUT2D eigenvalue weighted by Crippen LogP contribution is -2.32. The molecule has 1 aromatic rings. The molecule has 3 atom stereocenters. The molecular formula is C16H22O3. The highest BCUT2D eigenvalue weighted by Crippen LogP contribution is 2.31. The van der Waals surface area contributed by atoms with Crippen LogP contribution in [0.2, 0.25) is 0 Å². The fourth-order valence-corrected chi connectivity index (χ4v) is 2.59. The van der Waals surface area contributed by atoms with Gasteiger partial charge in [0.05, 0.1) is 5.56 Å². The Morgan fingerprint density at radius 1 is 1.26 bits per heavy atom. The van der Waals surface area contributed by atoms with E-state index in [1.807, 2.05) is 19.1 Å². The standard InChI is InChI=1S/C16H22O3/c1-11-6-4-8-14(10-11)16(17)19-18-15-9-5-7-12(2)13(15)3/h4,6,8,10,12-13,15H,5,7,9H2,1-3H3. The molecule has 0 radical (unpaired) electrons. The Morgan fingerprint density at radius 2 is 2.05 bits per heavy atom. The summed E-state index contributed by atoms with van der Waals surface area (Å²) in [4.78, 5) is 22.3.